The predicted octanol–water partition coefficient (Wildman–Crippen LogP) is 0.468. The van der Waals surface area contributed by atoms with Crippen molar-refractivity contribution in [3.63, 3.8) is 0 Å². The van der Waals surface area contributed by atoms with Crippen molar-refractivity contribution in [2.24, 2.45) is 12.5 Å². The van der Waals surface area contributed by atoms with E-state index in [-0.39, 0.29) is 12.4 Å². The van der Waals surface area contributed by atoms with Crippen LogP contribution in [0.25, 0.3) is 0 Å². The number of aliphatic hydroxyl groups excluding tert-OH is 1. The normalized spacial score (nSPS) is 15.0. The number of nitrogens with zero attached hydrogens (tertiary/aromatic N) is 2. The minimum atomic E-state index is -0.620. The lowest BCUT2D eigenvalue weighted by Crippen LogP contribution is -2.44. The van der Waals surface area contributed by atoms with E-state index in [1.165, 1.54) is 7.05 Å². The smallest absolute Gasteiger partial charge is 0.343 e. The molecule has 7 heteroatoms. The van der Waals surface area contributed by atoms with Gasteiger partial charge in [-0.2, -0.15) is 0 Å². The fraction of sp³-hybridized carbons (Fsp3) is 0.438. The Morgan fingerprint density at radius 3 is 2.61 bits per heavy atom. The third-order valence-electron chi connectivity index (χ3n) is 4.10. The molecule has 0 aliphatic rings. The van der Waals surface area contributed by atoms with Crippen molar-refractivity contribution < 1.29 is 9.90 Å². The van der Waals surface area contributed by atoms with E-state index in [2.05, 4.69) is 15.4 Å². The molecule has 0 fully saturated rings. The first-order valence-corrected chi connectivity index (χ1v) is 7.45. The van der Waals surface area contributed by atoms with Gasteiger partial charge in [-0.25, -0.2) is 9.48 Å². The number of benzene rings is 1. The lowest BCUT2D eigenvalue weighted by Gasteiger charge is -2.33. The van der Waals surface area contributed by atoms with Crippen molar-refractivity contribution in [2.45, 2.75) is 26.4 Å². The fourth-order valence-corrected chi connectivity index (χ4v) is 2.29. The van der Waals surface area contributed by atoms with E-state index in [1.54, 1.807) is 6.92 Å². The zero-order valence-corrected chi connectivity index (χ0v) is 13.5. The number of rotatable bonds is 6. The van der Waals surface area contributed by atoms with Crippen LogP contribution in [-0.2, 0) is 13.5 Å². The van der Waals surface area contributed by atoms with Gasteiger partial charge in [0.2, 0.25) is 5.82 Å². The Balaban J connectivity index is 2.07. The highest BCUT2D eigenvalue weighted by atomic mass is 16.3. The number of hydrogen-bond acceptors (Lipinski definition) is 4. The minimum Gasteiger partial charge on any atom is -0.393 e. The van der Waals surface area contributed by atoms with Gasteiger partial charge in [0.15, 0.2) is 0 Å². The van der Waals surface area contributed by atoms with Crippen LogP contribution in [0.2, 0.25) is 0 Å². The molecule has 2 aromatic rings. The second-order valence-corrected chi connectivity index (χ2v) is 6.08. The highest BCUT2D eigenvalue weighted by Crippen LogP contribution is 2.26. The largest absolute Gasteiger partial charge is 0.393 e. The number of carbonyl (C=O) groups is 1. The maximum absolute atomic E-state index is 12.1. The van der Waals surface area contributed by atoms with Crippen LogP contribution in [0.1, 0.15) is 30.0 Å². The third kappa shape index (κ3) is 4.07. The average Bonchev–Trinajstić information content (AvgIpc) is 2.85. The van der Waals surface area contributed by atoms with E-state index in [4.69, 9.17) is 0 Å². The van der Waals surface area contributed by atoms with Gasteiger partial charge >= 0.3 is 5.69 Å². The first-order chi connectivity index (χ1) is 10.8. The highest BCUT2D eigenvalue weighted by molar-refractivity contribution is 5.90. The van der Waals surface area contributed by atoms with Gasteiger partial charge < -0.3 is 10.4 Å². The van der Waals surface area contributed by atoms with Crippen LogP contribution >= 0.6 is 0 Å². The lowest BCUT2D eigenvalue weighted by molar-refractivity contribution is 0.0498. The summed E-state index contributed by atoms with van der Waals surface area (Å²) in [6, 6.07) is 9.78. The van der Waals surface area contributed by atoms with Gasteiger partial charge in [-0.15, -0.1) is 5.10 Å². The van der Waals surface area contributed by atoms with Gasteiger partial charge in [-0.05, 0) is 18.9 Å². The molecule has 3 N–H and O–H groups in total. The molecule has 2 unspecified atom stereocenters. The fourth-order valence-electron chi connectivity index (χ4n) is 2.29. The summed E-state index contributed by atoms with van der Waals surface area (Å²) in [4.78, 5) is 25.8. The molecule has 0 spiro atoms. The van der Waals surface area contributed by atoms with E-state index in [9.17, 15) is 14.7 Å². The number of carbonyl (C=O) groups excluding carboxylic acids is 1. The summed E-state index contributed by atoms with van der Waals surface area (Å²) in [6.07, 6.45) is -0.00404. The molecule has 1 aromatic carbocycles. The summed E-state index contributed by atoms with van der Waals surface area (Å²) < 4.78 is 1.06. The van der Waals surface area contributed by atoms with Crippen LogP contribution < -0.4 is 11.0 Å². The van der Waals surface area contributed by atoms with E-state index in [0.29, 0.717) is 6.42 Å². The quantitative estimate of drug-likeness (QED) is 0.721. The van der Waals surface area contributed by atoms with Crippen molar-refractivity contribution in [1.82, 2.24) is 20.1 Å². The number of aromatic amines is 1. The summed E-state index contributed by atoms with van der Waals surface area (Å²) in [6.45, 7) is 3.88. The Morgan fingerprint density at radius 1 is 1.43 bits per heavy atom. The molecular formula is C16H22N4O3. The van der Waals surface area contributed by atoms with Crippen molar-refractivity contribution in [2.75, 3.05) is 6.54 Å². The maximum atomic E-state index is 12.1. The van der Waals surface area contributed by atoms with Crippen LogP contribution in [0.3, 0.4) is 0 Å². The molecule has 23 heavy (non-hydrogen) atoms. The highest BCUT2D eigenvalue weighted by Gasteiger charge is 2.31. The molecule has 7 nitrogen and oxygen atoms in total. The van der Waals surface area contributed by atoms with Crippen LogP contribution in [0.15, 0.2) is 35.1 Å². The van der Waals surface area contributed by atoms with Gasteiger partial charge in [0, 0.05) is 19.0 Å². The second-order valence-electron chi connectivity index (χ2n) is 6.08. The van der Waals surface area contributed by atoms with E-state index in [0.717, 1.165) is 10.2 Å². The zero-order valence-electron chi connectivity index (χ0n) is 13.5. The van der Waals surface area contributed by atoms with Gasteiger partial charge in [-0.1, -0.05) is 37.3 Å². The Kier molecular flexibility index (Phi) is 5.00. The van der Waals surface area contributed by atoms with Gasteiger partial charge in [0.25, 0.3) is 5.91 Å². The van der Waals surface area contributed by atoms with Crippen LogP contribution in [0, 0.1) is 5.41 Å². The molecule has 1 amide bonds. The number of hydrogen-bond donors (Lipinski definition) is 3. The number of amides is 1. The Bertz CT molecular complexity index is 720. The molecule has 0 aliphatic carbocycles. The summed E-state index contributed by atoms with van der Waals surface area (Å²) >= 11 is 0. The number of H-pyrrole nitrogens is 1. The van der Waals surface area contributed by atoms with E-state index >= 15 is 0 Å². The molecule has 1 aromatic heterocycles. The summed E-state index contributed by atoms with van der Waals surface area (Å²) in [5, 5.41) is 16.7. The number of aryl methyl sites for hydroxylation is 1. The SMILES string of the molecule is CC(O)C(C)(CNC(=O)c1nn(C)c(=O)[nH]1)Cc1ccccc1. The minimum absolute atomic E-state index is 0.0369. The van der Waals surface area contributed by atoms with Gasteiger partial charge in [-0.3, -0.25) is 9.78 Å². The molecule has 124 valence electrons. The topological polar surface area (TPSA) is 100 Å². The molecule has 2 atom stereocenters. The number of nitrogens with one attached hydrogen (secondary N) is 2. The Hall–Kier alpha value is -2.41. The summed E-state index contributed by atoms with van der Waals surface area (Å²) in [5.74, 6) is -0.507. The molecule has 2 rings (SSSR count). The summed E-state index contributed by atoms with van der Waals surface area (Å²) in [5.41, 5.74) is 0.0978. The second kappa shape index (κ2) is 6.78. The first-order valence-electron chi connectivity index (χ1n) is 7.45. The number of aromatic nitrogens is 3. The molecule has 0 saturated carbocycles. The van der Waals surface area contributed by atoms with E-state index in [1.807, 2.05) is 37.3 Å². The monoisotopic (exact) mass is 318 g/mol. The standard InChI is InChI=1S/C16H22N4O3/c1-11(21)16(2,9-12-7-5-4-6-8-12)10-17-14(22)13-18-15(23)20(3)19-13/h4-8,11,21H,9-10H2,1-3H3,(H,17,22)(H,18,19,23). The van der Waals surface area contributed by atoms with Crippen molar-refractivity contribution in [1.29, 1.82) is 0 Å². The first kappa shape index (κ1) is 17.0. The molecule has 0 saturated heterocycles. The van der Waals surface area contributed by atoms with Crippen LogP contribution in [0.5, 0.6) is 0 Å². The molecule has 0 radical (unpaired) electrons. The average molecular weight is 318 g/mol. The summed E-state index contributed by atoms with van der Waals surface area (Å²) in [7, 11) is 1.46. The van der Waals surface area contributed by atoms with E-state index < -0.39 is 23.1 Å². The van der Waals surface area contributed by atoms with Crippen molar-refractivity contribution in [3.8, 4) is 0 Å². The van der Waals surface area contributed by atoms with Gasteiger partial charge in [0.1, 0.15) is 0 Å². The third-order valence-corrected chi connectivity index (χ3v) is 4.10. The molecule has 0 bridgehead atoms. The maximum Gasteiger partial charge on any atom is 0.343 e. The van der Waals surface area contributed by atoms with Gasteiger partial charge in [0.05, 0.1) is 6.10 Å². The number of aliphatic hydroxyl groups is 1. The van der Waals surface area contributed by atoms with Crippen LogP contribution in [-0.4, -0.2) is 38.4 Å². The predicted molar refractivity (Wildman–Crippen MR) is 86.1 cm³/mol. The van der Waals surface area contributed by atoms with Crippen molar-refractivity contribution >= 4 is 5.91 Å². The molecule has 1 heterocycles. The molecule has 0 aliphatic heterocycles. The lowest BCUT2D eigenvalue weighted by atomic mass is 9.79. The Labute approximate surface area is 134 Å². The van der Waals surface area contributed by atoms with Crippen LogP contribution in [0.4, 0.5) is 0 Å². The zero-order chi connectivity index (χ0) is 17.0. The molecular weight excluding hydrogens is 296 g/mol. The van der Waals surface area contributed by atoms with Crippen molar-refractivity contribution in [3.05, 3.63) is 52.2 Å². The Morgan fingerprint density at radius 2 is 2.09 bits per heavy atom.